The van der Waals surface area contributed by atoms with E-state index in [9.17, 15) is 4.79 Å². The summed E-state index contributed by atoms with van der Waals surface area (Å²) >= 11 is 0. The van der Waals surface area contributed by atoms with Gasteiger partial charge in [0.15, 0.2) is 0 Å². The summed E-state index contributed by atoms with van der Waals surface area (Å²) in [5.74, 6) is -0.243. The van der Waals surface area contributed by atoms with Gasteiger partial charge in [-0.25, -0.2) is 4.79 Å². The summed E-state index contributed by atoms with van der Waals surface area (Å²) in [5.41, 5.74) is 2.99. The summed E-state index contributed by atoms with van der Waals surface area (Å²) in [5, 5.41) is 3.34. The second-order valence-electron chi connectivity index (χ2n) is 5.49. The van der Waals surface area contributed by atoms with Gasteiger partial charge in [0.2, 0.25) is 0 Å². The number of carbonyl (C=O) groups excluding carboxylic acids is 1. The van der Waals surface area contributed by atoms with E-state index in [1.165, 1.54) is 5.56 Å². The summed E-state index contributed by atoms with van der Waals surface area (Å²) in [4.78, 5) is 12.1. The second-order valence-corrected chi connectivity index (χ2v) is 5.49. The van der Waals surface area contributed by atoms with Crippen molar-refractivity contribution in [2.75, 3.05) is 25.1 Å². The lowest BCUT2D eigenvalue weighted by Gasteiger charge is -2.22. The zero-order valence-electron chi connectivity index (χ0n) is 11.7. The molecule has 2 aliphatic rings. The van der Waals surface area contributed by atoms with Crippen molar-refractivity contribution in [1.29, 1.82) is 0 Å². The fourth-order valence-corrected chi connectivity index (χ4v) is 2.79. The van der Waals surface area contributed by atoms with Crippen molar-refractivity contribution in [2.45, 2.75) is 38.2 Å². The number of ether oxygens (including phenoxy) is 2. The van der Waals surface area contributed by atoms with Gasteiger partial charge in [0.05, 0.1) is 11.7 Å². The third-order valence-electron chi connectivity index (χ3n) is 3.95. The third kappa shape index (κ3) is 3.12. The Bertz CT molecular complexity index is 481. The highest BCUT2D eigenvalue weighted by Gasteiger charge is 2.18. The number of carbonyl (C=O) groups is 1. The Kier molecular flexibility index (Phi) is 4.21. The van der Waals surface area contributed by atoms with Gasteiger partial charge in [-0.05, 0) is 55.9 Å². The molecule has 0 amide bonds. The Morgan fingerprint density at radius 2 is 2.30 bits per heavy atom. The molecular formula is C16H21NO3. The molecule has 20 heavy (non-hydrogen) atoms. The van der Waals surface area contributed by atoms with Crippen LogP contribution in [0.1, 0.15) is 41.6 Å². The van der Waals surface area contributed by atoms with Gasteiger partial charge in [-0.15, -0.1) is 0 Å². The second kappa shape index (κ2) is 6.27. The van der Waals surface area contributed by atoms with Crippen LogP contribution in [0.4, 0.5) is 5.69 Å². The van der Waals surface area contributed by atoms with E-state index in [1.807, 2.05) is 18.2 Å². The van der Waals surface area contributed by atoms with E-state index in [2.05, 4.69) is 5.32 Å². The highest BCUT2D eigenvalue weighted by atomic mass is 16.6. The van der Waals surface area contributed by atoms with Crippen molar-refractivity contribution in [1.82, 2.24) is 0 Å². The standard InChI is InChI=1S/C16H21NO3/c18-16(20-11-14-5-1-2-9-19-14)13-6-7-15-12(10-13)4-3-8-17-15/h6-7,10,14,17H,1-5,8-9,11H2. The maximum absolute atomic E-state index is 12.1. The molecule has 1 fully saturated rings. The van der Waals surface area contributed by atoms with Crippen molar-refractivity contribution < 1.29 is 14.3 Å². The van der Waals surface area contributed by atoms with Crippen LogP contribution in [0, 0.1) is 0 Å². The van der Waals surface area contributed by atoms with Gasteiger partial charge in [-0.3, -0.25) is 0 Å². The van der Waals surface area contributed by atoms with Crippen LogP contribution in [-0.2, 0) is 15.9 Å². The van der Waals surface area contributed by atoms with Crippen LogP contribution in [0.5, 0.6) is 0 Å². The summed E-state index contributed by atoms with van der Waals surface area (Å²) in [6.07, 6.45) is 5.47. The monoisotopic (exact) mass is 275 g/mol. The lowest BCUT2D eigenvalue weighted by atomic mass is 10.0. The minimum absolute atomic E-state index is 0.0759. The minimum atomic E-state index is -0.243. The molecule has 4 heteroatoms. The molecule has 0 aromatic heterocycles. The Balaban J connectivity index is 1.59. The molecule has 0 spiro atoms. The van der Waals surface area contributed by atoms with E-state index < -0.39 is 0 Å². The Labute approximate surface area is 119 Å². The molecule has 1 aromatic carbocycles. The molecule has 1 unspecified atom stereocenters. The SMILES string of the molecule is O=C(OCC1CCCCO1)c1ccc2c(c1)CCCN2. The van der Waals surface area contributed by atoms with Crippen molar-refractivity contribution >= 4 is 11.7 Å². The number of benzene rings is 1. The topological polar surface area (TPSA) is 47.6 Å². The number of hydrogen-bond acceptors (Lipinski definition) is 4. The molecular weight excluding hydrogens is 254 g/mol. The molecule has 0 saturated carbocycles. The molecule has 0 bridgehead atoms. The molecule has 2 heterocycles. The zero-order chi connectivity index (χ0) is 13.8. The predicted octanol–water partition coefficient (Wildman–Crippen LogP) is 2.77. The van der Waals surface area contributed by atoms with Crippen LogP contribution in [0.15, 0.2) is 18.2 Å². The summed E-state index contributed by atoms with van der Waals surface area (Å²) in [6.45, 7) is 2.16. The molecule has 108 valence electrons. The number of esters is 1. The largest absolute Gasteiger partial charge is 0.459 e. The van der Waals surface area contributed by atoms with E-state index in [0.29, 0.717) is 12.2 Å². The number of anilines is 1. The zero-order valence-corrected chi connectivity index (χ0v) is 11.7. The lowest BCUT2D eigenvalue weighted by Crippen LogP contribution is -2.26. The highest BCUT2D eigenvalue weighted by molar-refractivity contribution is 5.90. The normalized spacial score (nSPS) is 21.7. The number of aryl methyl sites for hydroxylation is 1. The van der Waals surface area contributed by atoms with Gasteiger partial charge in [0, 0.05) is 18.8 Å². The van der Waals surface area contributed by atoms with Crippen LogP contribution in [-0.4, -0.2) is 31.8 Å². The summed E-state index contributed by atoms with van der Waals surface area (Å²) < 4.78 is 10.9. The highest BCUT2D eigenvalue weighted by Crippen LogP contribution is 2.23. The van der Waals surface area contributed by atoms with Gasteiger partial charge in [-0.1, -0.05) is 0 Å². The molecule has 3 rings (SSSR count). The van der Waals surface area contributed by atoms with Gasteiger partial charge in [0.1, 0.15) is 6.61 Å². The molecule has 0 radical (unpaired) electrons. The van der Waals surface area contributed by atoms with Crippen molar-refractivity contribution in [3.8, 4) is 0 Å². The Morgan fingerprint density at radius 1 is 1.35 bits per heavy atom. The van der Waals surface area contributed by atoms with Crippen LogP contribution in [0.25, 0.3) is 0 Å². The van der Waals surface area contributed by atoms with E-state index in [4.69, 9.17) is 9.47 Å². The van der Waals surface area contributed by atoms with Crippen molar-refractivity contribution in [3.05, 3.63) is 29.3 Å². The van der Waals surface area contributed by atoms with Crippen molar-refractivity contribution in [3.63, 3.8) is 0 Å². The van der Waals surface area contributed by atoms with Crippen LogP contribution >= 0.6 is 0 Å². The van der Waals surface area contributed by atoms with E-state index >= 15 is 0 Å². The minimum Gasteiger partial charge on any atom is -0.459 e. The fourth-order valence-electron chi connectivity index (χ4n) is 2.79. The van der Waals surface area contributed by atoms with Gasteiger partial charge in [0.25, 0.3) is 0 Å². The average Bonchev–Trinajstić information content (AvgIpc) is 2.53. The molecule has 1 aromatic rings. The Hall–Kier alpha value is -1.55. The number of rotatable bonds is 3. The van der Waals surface area contributed by atoms with Gasteiger partial charge < -0.3 is 14.8 Å². The van der Waals surface area contributed by atoms with Crippen LogP contribution in [0.2, 0.25) is 0 Å². The van der Waals surface area contributed by atoms with E-state index in [0.717, 1.165) is 50.9 Å². The van der Waals surface area contributed by atoms with Gasteiger partial charge >= 0.3 is 5.97 Å². The van der Waals surface area contributed by atoms with Crippen molar-refractivity contribution in [2.24, 2.45) is 0 Å². The molecule has 1 atom stereocenters. The third-order valence-corrected chi connectivity index (χ3v) is 3.95. The molecule has 1 N–H and O–H groups in total. The van der Waals surface area contributed by atoms with Crippen LogP contribution < -0.4 is 5.32 Å². The molecule has 1 saturated heterocycles. The first-order valence-electron chi connectivity index (χ1n) is 7.48. The maximum atomic E-state index is 12.1. The first-order valence-corrected chi connectivity index (χ1v) is 7.48. The molecule has 0 aliphatic carbocycles. The maximum Gasteiger partial charge on any atom is 0.338 e. The van der Waals surface area contributed by atoms with Crippen LogP contribution in [0.3, 0.4) is 0 Å². The quantitative estimate of drug-likeness (QED) is 0.862. The summed E-state index contributed by atoms with van der Waals surface area (Å²) in [6, 6.07) is 5.76. The fraction of sp³-hybridized carbons (Fsp3) is 0.562. The van der Waals surface area contributed by atoms with Gasteiger partial charge in [-0.2, -0.15) is 0 Å². The summed E-state index contributed by atoms with van der Waals surface area (Å²) in [7, 11) is 0. The van der Waals surface area contributed by atoms with E-state index in [-0.39, 0.29) is 12.1 Å². The smallest absolute Gasteiger partial charge is 0.338 e. The first kappa shape index (κ1) is 13.4. The Morgan fingerprint density at radius 3 is 3.15 bits per heavy atom. The number of nitrogens with one attached hydrogen (secondary N) is 1. The lowest BCUT2D eigenvalue weighted by molar-refractivity contribution is -0.0300. The number of hydrogen-bond donors (Lipinski definition) is 1. The molecule has 4 nitrogen and oxygen atoms in total. The molecule has 2 aliphatic heterocycles. The predicted molar refractivity (Wildman–Crippen MR) is 77.1 cm³/mol. The number of fused-ring (bicyclic) bond motifs is 1. The first-order chi connectivity index (χ1) is 9.83. The average molecular weight is 275 g/mol. The van der Waals surface area contributed by atoms with E-state index in [1.54, 1.807) is 0 Å².